The number of benzene rings is 1. The smallest absolute Gasteiger partial charge is 0.291 e. The number of imidazole rings is 1. The van der Waals surface area contributed by atoms with Gasteiger partial charge in [0.25, 0.3) is 6.43 Å². The van der Waals surface area contributed by atoms with Crippen LogP contribution in [0.2, 0.25) is 0 Å². The summed E-state index contributed by atoms with van der Waals surface area (Å²) >= 11 is 0.528. The van der Waals surface area contributed by atoms with Gasteiger partial charge in [-0.3, -0.25) is 4.40 Å². The first kappa shape index (κ1) is 29.6. The third-order valence-corrected chi connectivity index (χ3v) is 11.2. The van der Waals surface area contributed by atoms with Gasteiger partial charge in [0.15, 0.2) is 15.8 Å². The Morgan fingerprint density at radius 1 is 1.15 bits per heavy atom. The number of hydrogen-bond donors (Lipinski definition) is 2. The van der Waals surface area contributed by atoms with Gasteiger partial charge in [0, 0.05) is 34.5 Å². The molecule has 4 aromatic rings. The zero-order valence-corrected chi connectivity index (χ0v) is 25.1. The molecule has 1 fully saturated rings. The number of halogens is 3. The van der Waals surface area contributed by atoms with Crippen LogP contribution in [0.5, 0.6) is 0 Å². The van der Waals surface area contributed by atoms with Crippen molar-refractivity contribution in [3.05, 3.63) is 47.0 Å². The molecule has 16 heteroatoms. The number of nitrogens with zero attached hydrogens (tertiary/aromatic N) is 5. The molecule has 1 aromatic carbocycles. The standard InChI is InChI=1S/C25H28F3N7O3S3/c1-14-11-15(40(29,36)10-9-34(3)4)5-6-17(14)18-12-16(41(37,38)33-25(2)7-8-25)13-35-19(18)21(28)30-22(35)24-32-31-23(39-24)20(26)27/h5-6,11-13,20,29,33H,7-10H2,1-4H3/t40-/m1/s1. The monoisotopic (exact) mass is 627 g/mol. The van der Waals surface area contributed by atoms with Gasteiger partial charge in [-0.05, 0) is 70.1 Å². The fourth-order valence-electron chi connectivity index (χ4n) is 4.31. The summed E-state index contributed by atoms with van der Waals surface area (Å²) in [7, 11) is -3.58. The number of pyridine rings is 1. The van der Waals surface area contributed by atoms with Gasteiger partial charge in [0.1, 0.15) is 5.52 Å². The molecule has 1 saturated carbocycles. The lowest BCUT2D eigenvalue weighted by Gasteiger charge is -2.17. The number of fused-ring (bicyclic) bond motifs is 1. The van der Waals surface area contributed by atoms with Crippen LogP contribution in [0.4, 0.5) is 13.2 Å². The molecule has 5 rings (SSSR count). The van der Waals surface area contributed by atoms with Crippen LogP contribution in [-0.2, 0) is 19.8 Å². The summed E-state index contributed by atoms with van der Waals surface area (Å²) in [5.41, 5.74) is 0.426. The Morgan fingerprint density at radius 3 is 2.44 bits per heavy atom. The highest BCUT2D eigenvalue weighted by molar-refractivity contribution is 7.92. The summed E-state index contributed by atoms with van der Waals surface area (Å²) in [6.45, 7) is 3.91. The topological polar surface area (TPSA) is 133 Å². The highest BCUT2D eigenvalue weighted by Gasteiger charge is 2.41. The summed E-state index contributed by atoms with van der Waals surface area (Å²) in [6, 6.07) is 6.00. The third kappa shape index (κ3) is 5.88. The first-order chi connectivity index (χ1) is 19.1. The van der Waals surface area contributed by atoms with Gasteiger partial charge >= 0.3 is 0 Å². The van der Waals surface area contributed by atoms with Gasteiger partial charge in [-0.25, -0.2) is 30.9 Å². The van der Waals surface area contributed by atoms with Gasteiger partial charge < -0.3 is 4.90 Å². The normalized spacial score (nSPS) is 16.5. The molecule has 0 unspecified atom stereocenters. The van der Waals surface area contributed by atoms with Crippen LogP contribution in [0.15, 0.2) is 40.3 Å². The second kappa shape index (κ2) is 10.4. The fraction of sp³-hybridized carbons (Fsp3) is 0.400. The molecule has 41 heavy (non-hydrogen) atoms. The van der Waals surface area contributed by atoms with Crippen molar-refractivity contribution in [1.29, 1.82) is 4.78 Å². The lowest BCUT2D eigenvalue weighted by atomic mass is 10.0. The number of hydrogen-bond acceptors (Lipinski definition) is 9. The predicted molar refractivity (Wildman–Crippen MR) is 150 cm³/mol. The molecule has 0 spiro atoms. The molecule has 0 radical (unpaired) electrons. The van der Waals surface area contributed by atoms with Crippen molar-refractivity contribution in [2.75, 3.05) is 26.4 Å². The first-order valence-corrected chi connectivity index (χ1v) is 16.5. The lowest BCUT2D eigenvalue weighted by Crippen LogP contribution is -2.34. The van der Waals surface area contributed by atoms with Crippen molar-refractivity contribution in [3.8, 4) is 22.0 Å². The van der Waals surface area contributed by atoms with Crippen LogP contribution in [-0.4, -0.2) is 69.0 Å². The van der Waals surface area contributed by atoms with Crippen molar-refractivity contribution < 1.29 is 25.8 Å². The molecular weight excluding hydrogens is 600 g/mol. The van der Waals surface area contributed by atoms with E-state index in [2.05, 4.69) is 19.9 Å². The van der Waals surface area contributed by atoms with E-state index in [-0.39, 0.29) is 32.6 Å². The summed E-state index contributed by atoms with van der Waals surface area (Å²) in [5.74, 6) is -1.02. The Kier molecular flexibility index (Phi) is 7.51. The summed E-state index contributed by atoms with van der Waals surface area (Å²) < 4.78 is 94.2. The highest BCUT2D eigenvalue weighted by atomic mass is 32.2. The van der Waals surface area contributed by atoms with E-state index in [1.165, 1.54) is 22.7 Å². The van der Waals surface area contributed by atoms with E-state index in [1.54, 1.807) is 26.0 Å². The fourth-order valence-corrected chi connectivity index (χ4v) is 8.00. The maximum absolute atomic E-state index is 15.5. The summed E-state index contributed by atoms with van der Waals surface area (Å²) in [6.07, 6.45) is -0.384. The number of alkyl halides is 2. The maximum Gasteiger partial charge on any atom is 0.291 e. The number of nitrogens with one attached hydrogen (secondary N) is 2. The second-order valence-corrected chi connectivity index (χ2v) is 15.5. The largest absolute Gasteiger partial charge is 0.308 e. The van der Waals surface area contributed by atoms with Gasteiger partial charge in [-0.2, -0.15) is 9.37 Å². The Morgan fingerprint density at radius 2 is 1.85 bits per heavy atom. The molecule has 0 aliphatic heterocycles. The first-order valence-electron chi connectivity index (χ1n) is 12.5. The van der Waals surface area contributed by atoms with Gasteiger partial charge in [0.2, 0.25) is 16.0 Å². The molecule has 3 aromatic heterocycles. The number of sulfonamides is 1. The van der Waals surface area contributed by atoms with E-state index < -0.39 is 42.7 Å². The quantitative estimate of drug-likeness (QED) is 0.260. The Balaban J connectivity index is 1.71. The summed E-state index contributed by atoms with van der Waals surface area (Å²) in [4.78, 5) is 5.86. The molecule has 3 heterocycles. The Labute approximate surface area is 239 Å². The molecule has 1 atom stereocenters. The number of aryl methyl sites for hydroxylation is 1. The predicted octanol–water partition coefficient (Wildman–Crippen LogP) is 4.70. The van der Waals surface area contributed by atoms with Crippen LogP contribution in [0.3, 0.4) is 0 Å². The zero-order chi connectivity index (χ0) is 29.9. The summed E-state index contributed by atoms with van der Waals surface area (Å²) in [5, 5.41) is 6.50. The Bertz CT molecular complexity index is 1870. The van der Waals surface area contributed by atoms with Crippen LogP contribution in [0.25, 0.3) is 27.5 Å². The SMILES string of the molecule is Cc1cc([S@](=N)(=O)CCN(C)C)ccc1-c1cc(S(=O)(=O)NC2(C)CC2)cn2c(-c3nnc(C(F)F)s3)nc(F)c12. The van der Waals surface area contributed by atoms with E-state index in [9.17, 15) is 21.4 Å². The Hall–Kier alpha value is -2.92. The minimum Gasteiger partial charge on any atom is -0.308 e. The van der Waals surface area contributed by atoms with Gasteiger partial charge in [-0.15, -0.1) is 10.2 Å². The molecule has 1 aliphatic carbocycles. The zero-order valence-electron chi connectivity index (χ0n) is 22.6. The molecule has 0 bridgehead atoms. The van der Waals surface area contributed by atoms with Crippen molar-refractivity contribution in [3.63, 3.8) is 0 Å². The van der Waals surface area contributed by atoms with Gasteiger partial charge in [0.05, 0.1) is 14.6 Å². The molecule has 220 valence electrons. The molecule has 0 saturated heterocycles. The average Bonchev–Trinajstić information content (AvgIpc) is 3.26. The molecule has 0 amide bonds. The second-order valence-electron chi connectivity index (χ2n) is 10.6. The van der Waals surface area contributed by atoms with E-state index >= 15 is 4.39 Å². The van der Waals surface area contributed by atoms with Crippen LogP contribution in [0.1, 0.15) is 36.8 Å². The molecular formula is C25H28F3N7O3S3. The van der Waals surface area contributed by atoms with Crippen molar-refractivity contribution in [2.24, 2.45) is 0 Å². The molecule has 1 aliphatic rings. The van der Waals surface area contributed by atoms with Crippen molar-refractivity contribution in [1.82, 2.24) is 29.2 Å². The minimum absolute atomic E-state index is 0.0968. The average molecular weight is 628 g/mol. The maximum atomic E-state index is 15.5. The van der Waals surface area contributed by atoms with Crippen molar-refractivity contribution >= 4 is 36.6 Å². The molecule has 2 N–H and O–H groups in total. The number of rotatable bonds is 10. The minimum atomic E-state index is -4.09. The van der Waals surface area contributed by atoms with Crippen molar-refractivity contribution in [2.45, 2.75) is 48.4 Å². The van der Waals surface area contributed by atoms with E-state index in [4.69, 9.17) is 4.78 Å². The van der Waals surface area contributed by atoms with E-state index in [0.717, 1.165) is 0 Å². The number of aromatic nitrogens is 4. The van der Waals surface area contributed by atoms with Crippen LogP contribution >= 0.6 is 11.3 Å². The molecule has 10 nitrogen and oxygen atoms in total. The van der Waals surface area contributed by atoms with Crippen LogP contribution < -0.4 is 4.72 Å². The van der Waals surface area contributed by atoms with Crippen LogP contribution in [0, 0.1) is 17.7 Å². The lowest BCUT2D eigenvalue weighted by molar-refractivity contribution is 0.150. The van der Waals surface area contributed by atoms with Gasteiger partial charge in [-0.1, -0.05) is 17.4 Å². The highest BCUT2D eigenvalue weighted by Crippen LogP contribution is 2.39. The third-order valence-electron chi connectivity index (χ3n) is 6.87. The van der Waals surface area contributed by atoms with E-state index in [0.29, 0.717) is 46.7 Å². The van der Waals surface area contributed by atoms with E-state index in [1.807, 2.05) is 19.0 Å².